The Kier molecular flexibility index (Phi) is 2.62. The van der Waals surface area contributed by atoms with Crippen molar-refractivity contribution in [2.75, 3.05) is 30.4 Å². The third-order valence-electron chi connectivity index (χ3n) is 2.87. The largest absolute Gasteiger partial charge is 0.383 e. The van der Waals surface area contributed by atoms with Gasteiger partial charge in [-0.1, -0.05) is 13.0 Å². The van der Waals surface area contributed by atoms with Crippen LogP contribution in [0.15, 0.2) is 18.2 Å². The Balaban J connectivity index is 2.39. The summed E-state index contributed by atoms with van der Waals surface area (Å²) in [6.07, 6.45) is 2.33. The number of hydrogen-bond donors (Lipinski definition) is 1. The molecule has 1 aromatic rings. The molecule has 0 bridgehead atoms. The first-order valence-corrected chi connectivity index (χ1v) is 5.39. The van der Waals surface area contributed by atoms with Crippen LogP contribution in [0.3, 0.4) is 0 Å². The van der Waals surface area contributed by atoms with Crippen molar-refractivity contribution >= 4 is 11.4 Å². The summed E-state index contributed by atoms with van der Waals surface area (Å²) in [5.41, 5.74) is 4.04. The van der Waals surface area contributed by atoms with E-state index in [4.69, 9.17) is 0 Å². The van der Waals surface area contributed by atoms with E-state index in [2.05, 4.69) is 42.4 Å². The van der Waals surface area contributed by atoms with Gasteiger partial charge in [0.1, 0.15) is 0 Å². The van der Waals surface area contributed by atoms with E-state index in [9.17, 15) is 0 Å². The maximum absolute atomic E-state index is 3.47. The Labute approximate surface area is 85.9 Å². The Bertz CT molecular complexity index is 320. The van der Waals surface area contributed by atoms with Crippen molar-refractivity contribution in [1.82, 2.24) is 0 Å². The zero-order chi connectivity index (χ0) is 9.97. The second kappa shape index (κ2) is 3.91. The van der Waals surface area contributed by atoms with Crippen LogP contribution < -0.4 is 10.2 Å². The lowest BCUT2D eigenvalue weighted by Crippen LogP contribution is -2.17. The molecule has 0 fully saturated rings. The lowest BCUT2D eigenvalue weighted by molar-refractivity contribution is 0.837. The lowest BCUT2D eigenvalue weighted by atomic mass is 10.1. The Hall–Kier alpha value is -1.18. The first-order chi connectivity index (χ1) is 6.81. The fourth-order valence-corrected chi connectivity index (χ4v) is 1.92. The average Bonchev–Trinajstić information content (AvgIpc) is 2.40. The summed E-state index contributed by atoms with van der Waals surface area (Å²) in [5.74, 6) is 0. The molecular formula is C12H18N2. The molecule has 0 saturated carbocycles. The highest BCUT2D eigenvalue weighted by Crippen LogP contribution is 2.28. The molecule has 0 atom stereocenters. The maximum atomic E-state index is 3.47. The molecule has 0 aliphatic carbocycles. The van der Waals surface area contributed by atoms with Crippen molar-refractivity contribution < 1.29 is 0 Å². The molecule has 1 N–H and O–H groups in total. The van der Waals surface area contributed by atoms with E-state index >= 15 is 0 Å². The number of benzene rings is 1. The molecule has 1 heterocycles. The van der Waals surface area contributed by atoms with Crippen molar-refractivity contribution in [3.63, 3.8) is 0 Å². The third kappa shape index (κ3) is 1.69. The van der Waals surface area contributed by atoms with Crippen molar-refractivity contribution in [2.45, 2.75) is 19.8 Å². The fraction of sp³-hybridized carbons (Fsp3) is 0.500. The molecule has 2 rings (SSSR count). The van der Waals surface area contributed by atoms with Gasteiger partial charge in [-0.15, -0.1) is 0 Å². The van der Waals surface area contributed by atoms with Crippen molar-refractivity contribution in [1.29, 1.82) is 0 Å². The first kappa shape index (κ1) is 9.38. The van der Waals surface area contributed by atoms with Crippen LogP contribution in [0.2, 0.25) is 0 Å². The van der Waals surface area contributed by atoms with E-state index in [1.54, 1.807) is 0 Å². The van der Waals surface area contributed by atoms with Gasteiger partial charge in [0.15, 0.2) is 0 Å². The van der Waals surface area contributed by atoms with Gasteiger partial charge >= 0.3 is 0 Å². The third-order valence-corrected chi connectivity index (χ3v) is 2.87. The number of aryl methyl sites for hydroxylation is 1. The zero-order valence-electron chi connectivity index (χ0n) is 9.01. The van der Waals surface area contributed by atoms with Gasteiger partial charge in [0, 0.05) is 20.1 Å². The summed E-state index contributed by atoms with van der Waals surface area (Å²) in [6.45, 7) is 4.43. The number of nitrogens with one attached hydrogen (secondary N) is 1. The minimum Gasteiger partial charge on any atom is -0.383 e. The van der Waals surface area contributed by atoms with E-state index in [-0.39, 0.29) is 0 Å². The SMILES string of the molecule is CCc1ccc2c(c1)N(C)CCCN2. The topological polar surface area (TPSA) is 15.3 Å². The lowest BCUT2D eigenvalue weighted by Gasteiger charge is -2.19. The second-order valence-electron chi connectivity index (χ2n) is 3.91. The Morgan fingerprint density at radius 1 is 1.43 bits per heavy atom. The van der Waals surface area contributed by atoms with Crippen LogP contribution in [0.5, 0.6) is 0 Å². The standard InChI is InChI=1S/C12H18N2/c1-3-10-5-6-11-12(9-10)14(2)8-4-7-13-11/h5-6,9,13H,3-4,7-8H2,1-2H3. The number of hydrogen-bond acceptors (Lipinski definition) is 2. The highest BCUT2D eigenvalue weighted by molar-refractivity contribution is 5.71. The fourth-order valence-electron chi connectivity index (χ4n) is 1.92. The molecule has 0 amide bonds. The van der Waals surface area contributed by atoms with Crippen LogP contribution in [-0.2, 0) is 6.42 Å². The Morgan fingerprint density at radius 2 is 2.29 bits per heavy atom. The zero-order valence-corrected chi connectivity index (χ0v) is 9.01. The summed E-state index contributed by atoms with van der Waals surface area (Å²) < 4.78 is 0. The van der Waals surface area contributed by atoms with E-state index in [1.165, 1.54) is 23.4 Å². The molecule has 0 unspecified atom stereocenters. The predicted molar refractivity (Wildman–Crippen MR) is 62.2 cm³/mol. The quantitative estimate of drug-likeness (QED) is 0.732. The highest BCUT2D eigenvalue weighted by Gasteiger charge is 2.11. The van der Waals surface area contributed by atoms with Crippen LogP contribution in [0.1, 0.15) is 18.9 Å². The molecule has 76 valence electrons. The molecule has 1 aromatic carbocycles. The monoisotopic (exact) mass is 190 g/mol. The predicted octanol–water partition coefficient (Wildman–Crippen LogP) is 2.50. The highest BCUT2D eigenvalue weighted by atomic mass is 15.1. The van der Waals surface area contributed by atoms with E-state index in [0.29, 0.717) is 0 Å². The van der Waals surface area contributed by atoms with Crippen molar-refractivity contribution in [2.24, 2.45) is 0 Å². The molecule has 2 heteroatoms. The molecule has 1 aliphatic rings. The first-order valence-electron chi connectivity index (χ1n) is 5.39. The van der Waals surface area contributed by atoms with Crippen LogP contribution in [0, 0.1) is 0 Å². The normalized spacial score (nSPS) is 15.7. The molecule has 0 spiro atoms. The van der Waals surface area contributed by atoms with E-state index < -0.39 is 0 Å². The minimum absolute atomic E-state index is 1.09. The summed E-state index contributed by atoms with van der Waals surface area (Å²) in [5, 5.41) is 3.47. The van der Waals surface area contributed by atoms with Gasteiger partial charge in [-0.3, -0.25) is 0 Å². The molecular weight excluding hydrogens is 172 g/mol. The molecule has 2 nitrogen and oxygen atoms in total. The minimum atomic E-state index is 1.09. The van der Waals surface area contributed by atoms with E-state index in [1.807, 2.05) is 0 Å². The summed E-state index contributed by atoms with van der Waals surface area (Å²) >= 11 is 0. The molecule has 0 radical (unpaired) electrons. The molecule has 0 aromatic heterocycles. The van der Waals surface area contributed by atoms with Gasteiger partial charge in [-0.25, -0.2) is 0 Å². The number of anilines is 2. The number of fused-ring (bicyclic) bond motifs is 1. The Morgan fingerprint density at radius 3 is 3.07 bits per heavy atom. The number of rotatable bonds is 1. The van der Waals surface area contributed by atoms with Crippen molar-refractivity contribution in [3.05, 3.63) is 23.8 Å². The van der Waals surface area contributed by atoms with E-state index in [0.717, 1.165) is 19.5 Å². The smallest absolute Gasteiger partial charge is 0.0602 e. The van der Waals surface area contributed by atoms with Crippen molar-refractivity contribution in [3.8, 4) is 0 Å². The molecule has 1 aliphatic heterocycles. The average molecular weight is 190 g/mol. The second-order valence-corrected chi connectivity index (χ2v) is 3.91. The van der Waals surface area contributed by atoms with Gasteiger partial charge in [0.2, 0.25) is 0 Å². The molecule has 14 heavy (non-hydrogen) atoms. The van der Waals surface area contributed by atoms with Crippen LogP contribution in [0.25, 0.3) is 0 Å². The van der Waals surface area contributed by atoms with Gasteiger partial charge < -0.3 is 10.2 Å². The van der Waals surface area contributed by atoms with Gasteiger partial charge in [0.05, 0.1) is 11.4 Å². The number of nitrogens with zero attached hydrogens (tertiary/aromatic N) is 1. The van der Waals surface area contributed by atoms with Gasteiger partial charge in [0.25, 0.3) is 0 Å². The van der Waals surface area contributed by atoms with Gasteiger partial charge in [-0.05, 0) is 30.5 Å². The van der Waals surface area contributed by atoms with Crippen LogP contribution in [-0.4, -0.2) is 20.1 Å². The van der Waals surface area contributed by atoms with Crippen LogP contribution in [0.4, 0.5) is 11.4 Å². The van der Waals surface area contributed by atoms with Crippen LogP contribution >= 0.6 is 0 Å². The summed E-state index contributed by atoms with van der Waals surface area (Å²) in [6, 6.07) is 6.72. The van der Waals surface area contributed by atoms with Gasteiger partial charge in [-0.2, -0.15) is 0 Å². The summed E-state index contributed by atoms with van der Waals surface area (Å²) in [4.78, 5) is 2.34. The summed E-state index contributed by atoms with van der Waals surface area (Å²) in [7, 11) is 2.17. The maximum Gasteiger partial charge on any atom is 0.0602 e. The molecule has 0 saturated heterocycles.